The van der Waals surface area contributed by atoms with E-state index in [1.54, 1.807) is 0 Å². The summed E-state index contributed by atoms with van der Waals surface area (Å²) in [5.74, 6) is 0.693. The quantitative estimate of drug-likeness (QED) is 0.175. The minimum Gasteiger partial charge on any atom is -0.456 e. The van der Waals surface area contributed by atoms with Crippen LogP contribution < -0.4 is 0 Å². The number of hydrogen-bond donors (Lipinski definition) is 0. The van der Waals surface area contributed by atoms with E-state index in [0.29, 0.717) is 5.82 Å². The lowest BCUT2D eigenvalue weighted by atomic mass is 10.1. The van der Waals surface area contributed by atoms with Crippen molar-refractivity contribution in [3.63, 3.8) is 0 Å². The first-order valence-electron chi connectivity index (χ1n) is 20.7. The zero-order valence-corrected chi connectivity index (χ0v) is 32.8. The van der Waals surface area contributed by atoms with Crippen molar-refractivity contribution in [3.05, 3.63) is 206 Å². The molecular weight excluding hydrogens is 745 g/mol. The van der Waals surface area contributed by atoms with Gasteiger partial charge in [0.2, 0.25) is 0 Å². The van der Waals surface area contributed by atoms with Crippen LogP contribution >= 0.6 is 0 Å². The van der Waals surface area contributed by atoms with E-state index in [9.17, 15) is 0 Å². The van der Waals surface area contributed by atoms with Gasteiger partial charge in [0.1, 0.15) is 11.2 Å². The van der Waals surface area contributed by atoms with E-state index in [1.807, 2.05) is 18.2 Å². The first kappa shape index (κ1) is 33.7. The van der Waals surface area contributed by atoms with Crippen molar-refractivity contribution < 1.29 is 4.42 Å². The summed E-state index contributed by atoms with van der Waals surface area (Å²) < 4.78 is 11.4. The topological polar surface area (TPSA) is 48.8 Å². The fraction of sp³-hybridized carbons (Fsp3) is 0. The Morgan fingerprint density at radius 2 is 0.902 bits per heavy atom. The Morgan fingerprint density at radius 3 is 1.67 bits per heavy atom. The van der Waals surface area contributed by atoms with Gasteiger partial charge in [0.05, 0.1) is 38.7 Å². The maximum atomic E-state index is 6.53. The molecule has 0 amide bonds. The van der Waals surface area contributed by atoms with Gasteiger partial charge in [0.15, 0.2) is 5.82 Å². The largest absolute Gasteiger partial charge is 0.456 e. The molecule has 5 nitrogen and oxygen atoms in total. The minimum atomic E-state index is 0.693. The summed E-state index contributed by atoms with van der Waals surface area (Å²) in [5.41, 5.74) is 14.7. The lowest BCUT2D eigenvalue weighted by Crippen LogP contribution is -1.97. The Balaban J connectivity index is 1.08. The molecule has 61 heavy (non-hydrogen) atoms. The average Bonchev–Trinajstić information content (AvgIpc) is 3.99. The van der Waals surface area contributed by atoms with Crippen LogP contribution in [0.5, 0.6) is 0 Å². The smallest absolute Gasteiger partial charge is 0.160 e. The van der Waals surface area contributed by atoms with Crippen molar-refractivity contribution in [1.82, 2.24) is 19.1 Å². The number of nitrogens with zero attached hydrogens (tertiary/aromatic N) is 4. The third kappa shape index (κ3) is 5.08. The third-order valence-corrected chi connectivity index (χ3v) is 12.3. The summed E-state index contributed by atoms with van der Waals surface area (Å²) in [6.45, 7) is 0. The highest BCUT2D eigenvalue weighted by molar-refractivity contribution is 6.31. The van der Waals surface area contributed by atoms with Crippen molar-refractivity contribution in [2.45, 2.75) is 0 Å². The van der Waals surface area contributed by atoms with Crippen LogP contribution in [0.4, 0.5) is 0 Å². The molecule has 9 aromatic carbocycles. The monoisotopic (exact) mass is 778 g/mol. The normalized spacial score (nSPS) is 11.9. The second-order valence-electron chi connectivity index (χ2n) is 15.7. The summed E-state index contributed by atoms with van der Waals surface area (Å²) >= 11 is 0. The molecule has 0 atom stereocenters. The van der Waals surface area contributed by atoms with Gasteiger partial charge in [-0.3, -0.25) is 0 Å². The van der Waals surface area contributed by atoms with E-state index in [2.05, 4.69) is 197 Å². The average molecular weight is 779 g/mol. The Labute approximate surface area is 350 Å². The molecule has 0 spiro atoms. The summed E-state index contributed by atoms with van der Waals surface area (Å²) in [5, 5.41) is 7.99. The lowest BCUT2D eigenvalue weighted by molar-refractivity contribution is 0.669. The van der Waals surface area contributed by atoms with Gasteiger partial charge >= 0.3 is 0 Å². The van der Waals surface area contributed by atoms with E-state index in [-0.39, 0.29) is 0 Å². The van der Waals surface area contributed by atoms with Crippen LogP contribution in [0.3, 0.4) is 0 Å². The number of aromatic nitrogens is 4. The SMILES string of the molecule is c1ccc(-c2ccc(-n3c4ccccc4c4c3ccc3c5ccc6oc7ccccc7c6c5n(-c5ccc(-c6nc(-c7ccccc7)c7ccccc7n6)cc5)c34)cc2)cc1. The number of hydrogen-bond acceptors (Lipinski definition) is 3. The van der Waals surface area contributed by atoms with Crippen LogP contribution in [0.15, 0.2) is 211 Å². The Hall–Kier alpha value is -8.28. The number of para-hydroxylation sites is 3. The molecule has 13 rings (SSSR count). The van der Waals surface area contributed by atoms with Gasteiger partial charge in [-0.2, -0.15) is 0 Å². The summed E-state index contributed by atoms with van der Waals surface area (Å²) in [7, 11) is 0. The fourth-order valence-corrected chi connectivity index (χ4v) is 9.60. The van der Waals surface area contributed by atoms with Crippen molar-refractivity contribution in [2.24, 2.45) is 0 Å². The van der Waals surface area contributed by atoms with E-state index in [0.717, 1.165) is 83.1 Å². The first-order chi connectivity index (χ1) is 30.3. The molecule has 0 aliphatic heterocycles. The molecule has 13 aromatic rings. The zero-order valence-electron chi connectivity index (χ0n) is 32.8. The van der Waals surface area contributed by atoms with Gasteiger partial charge in [-0.05, 0) is 83.9 Å². The van der Waals surface area contributed by atoms with Gasteiger partial charge in [-0.1, -0.05) is 133 Å². The highest BCUT2D eigenvalue weighted by atomic mass is 16.3. The molecule has 5 heteroatoms. The molecule has 0 unspecified atom stereocenters. The number of fused-ring (bicyclic) bond motifs is 12. The molecule has 4 aromatic heterocycles. The highest BCUT2D eigenvalue weighted by Gasteiger charge is 2.24. The van der Waals surface area contributed by atoms with Crippen molar-refractivity contribution >= 4 is 76.5 Å². The molecule has 0 aliphatic carbocycles. The Kier molecular flexibility index (Phi) is 7.24. The van der Waals surface area contributed by atoms with E-state index < -0.39 is 0 Å². The second-order valence-corrected chi connectivity index (χ2v) is 15.7. The van der Waals surface area contributed by atoms with Gasteiger partial charge in [0.25, 0.3) is 0 Å². The van der Waals surface area contributed by atoms with Crippen LogP contribution in [-0.4, -0.2) is 19.1 Å². The molecule has 4 heterocycles. The summed E-state index contributed by atoms with van der Waals surface area (Å²) in [4.78, 5) is 10.3. The Bertz CT molecular complexity index is 3840. The predicted octanol–water partition coefficient (Wildman–Crippen LogP) is 14.7. The molecule has 0 saturated carbocycles. The van der Waals surface area contributed by atoms with Gasteiger partial charge in [0, 0.05) is 54.8 Å². The van der Waals surface area contributed by atoms with Crippen molar-refractivity contribution in [3.8, 4) is 45.1 Å². The van der Waals surface area contributed by atoms with Gasteiger partial charge in [-0.15, -0.1) is 0 Å². The minimum absolute atomic E-state index is 0.693. The predicted molar refractivity (Wildman–Crippen MR) is 252 cm³/mol. The number of furan rings is 1. The maximum absolute atomic E-state index is 6.53. The standard InChI is InChI=1S/C56H34N4O/c1-3-13-35(14-4-1)36-23-27-39(28-24-36)59-47-21-11-8-18-44(47)51-48(59)33-31-41-42-32-34-50-52(45-19-9-12-22-49(45)61-50)55(42)60(54(41)51)40-29-25-38(26-30-40)56-57-46-20-10-7-17-43(46)53(58-56)37-15-5-2-6-16-37/h1-34H. The second kappa shape index (κ2) is 13.1. The Morgan fingerprint density at radius 1 is 0.328 bits per heavy atom. The van der Waals surface area contributed by atoms with E-state index in [4.69, 9.17) is 14.4 Å². The van der Waals surface area contributed by atoms with Crippen LogP contribution in [0, 0.1) is 0 Å². The molecular formula is C56H34N4O. The zero-order chi connectivity index (χ0) is 40.0. The molecule has 284 valence electrons. The van der Waals surface area contributed by atoms with Crippen LogP contribution in [-0.2, 0) is 0 Å². The number of rotatable bonds is 5. The van der Waals surface area contributed by atoms with E-state index >= 15 is 0 Å². The van der Waals surface area contributed by atoms with Gasteiger partial charge < -0.3 is 13.6 Å². The summed E-state index contributed by atoms with van der Waals surface area (Å²) in [6.07, 6.45) is 0. The first-order valence-corrected chi connectivity index (χ1v) is 20.7. The molecule has 0 fully saturated rings. The van der Waals surface area contributed by atoms with Gasteiger partial charge in [-0.25, -0.2) is 9.97 Å². The highest BCUT2D eigenvalue weighted by Crippen LogP contribution is 2.46. The molecule has 0 N–H and O–H groups in total. The molecule has 0 radical (unpaired) electrons. The van der Waals surface area contributed by atoms with E-state index in [1.165, 1.54) is 32.7 Å². The van der Waals surface area contributed by atoms with Crippen LogP contribution in [0.1, 0.15) is 0 Å². The molecule has 0 aliphatic rings. The third-order valence-electron chi connectivity index (χ3n) is 12.3. The number of benzene rings is 9. The summed E-state index contributed by atoms with van der Waals surface area (Å²) in [6, 6.07) is 73.0. The van der Waals surface area contributed by atoms with Crippen LogP contribution in [0.2, 0.25) is 0 Å². The molecule has 0 bridgehead atoms. The molecule has 0 saturated heterocycles. The van der Waals surface area contributed by atoms with Crippen molar-refractivity contribution in [1.29, 1.82) is 0 Å². The lowest BCUT2D eigenvalue weighted by Gasteiger charge is -2.12. The maximum Gasteiger partial charge on any atom is 0.160 e. The van der Waals surface area contributed by atoms with Crippen LogP contribution in [0.25, 0.3) is 122 Å². The van der Waals surface area contributed by atoms with Crippen molar-refractivity contribution in [2.75, 3.05) is 0 Å². The fourth-order valence-electron chi connectivity index (χ4n) is 9.60.